The van der Waals surface area contributed by atoms with Gasteiger partial charge in [-0.05, 0) is 35.4 Å². The zero-order chi connectivity index (χ0) is 19.0. The molecule has 0 saturated carbocycles. The Kier molecular flexibility index (Phi) is 3.98. The first-order valence-electron chi connectivity index (χ1n) is 8.42. The summed E-state index contributed by atoms with van der Waals surface area (Å²) < 4.78 is 1.54. The van der Waals surface area contributed by atoms with E-state index in [1.165, 1.54) is 5.01 Å². The fourth-order valence-corrected chi connectivity index (χ4v) is 3.06. The van der Waals surface area contributed by atoms with Crippen LogP contribution in [0.2, 0.25) is 0 Å². The molecular weight excluding hydrogens is 338 g/mol. The van der Waals surface area contributed by atoms with Crippen LogP contribution in [0.25, 0.3) is 38.2 Å². The molecule has 27 heavy (non-hydrogen) atoms. The number of fused-ring (bicyclic) bond motifs is 1. The summed E-state index contributed by atoms with van der Waals surface area (Å²) in [4.78, 5) is 23.1. The molecule has 0 spiro atoms. The van der Waals surface area contributed by atoms with Gasteiger partial charge in [0.1, 0.15) is 11.3 Å². The number of anilines is 1. The number of benzene rings is 1. The number of pyridine rings is 2. The van der Waals surface area contributed by atoms with Crippen LogP contribution < -0.4 is 10.6 Å². The van der Waals surface area contributed by atoms with Crippen molar-refractivity contribution in [2.24, 2.45) is 7.05 Å². The molecule has 6 nitrogen and oxygen atoms in total. The third kappa shape index (κ3) is 2.96. The summed E-state index contributed by atoms with van der Waals surface area (Å²) in [6, 6.07) is 13.4. The highest BCUT2D eigenvalue weighted by molar-refractivity contribution is 5.95. The largest absolute Gasteiger partial charge is 0.346 e. The number of H-pyrrole nitrogens is 1. The Morgan fingerprint density at radius 3 is 2.78 bits per heavy atom. The van der Waals surface area contributed by atoms with Crippen LogP contribution in [-0.4, -0.2) is 21.6 Å². The van der Waals surface area contributed by atoms with Crippen molar-refractivity contribution in [1.82, 2.24) is 14.5 Å². The normalized spacial score (nSPS) is 10.7. The van der Waals surface area contributed by atoms with E-state index in [-0.39, 0.29) is 5.56 Å². The van der Waals surface area contributed by atoms with Crippen LogP contribution in [-0.2, 0) is 7.05 Å². The Hall–Kier alpha value is -3.85. The van der Waals surface area contributed by atoms with Gasteiger partial charge >= 0.3 is 0 Å². The number of hydrogen-bond donors (Lipinski definition) is 1. The summed E-state index contributed by atoms with van der Waals surface area (Å²) in [6.07, 6.45) is 5.44. The van der Waals surface area contributed by atoms with Crippen molar-refractivity contribution in [1.29, 1.82) is 0 Å². The summed E-state index contributed by atoms with van der Waals surface area (Å²) in [7, 11) is 3.46. The maximum absolute atomic E-state index is 12.0. The van der Waals surface area contributed by atoms with Crippen molar-refractivity contribution in [2.45, 2.75) is 0 Å². The fourth-order valence-electron chi connectivity index (χ4n) is 3.06. The second-order valence-corrected chi connectivity index (χ2v) is 6.36. The standard InChI is InChI=1S/C21H17N5O/c1-22-26(3)17-6-4-5-14(9-17)16-10-18-19(13-24-21(18)23-12-16)15-7-8-25(2)20(27)11-15/h4-13H,2-3H3,(H,23,24). The number of aryl methyl sites for hydroxylation is 1. The lowest BCUT2D eigenvalue weighted by Crippen LogP contribution is -2.13. The van der Waals surface area contributed by atoms with Gasteiger partial charge in [0.05, 0.1) is 7.05 Å². The van der Waals surface area contributed by atoms with E-state index >= 15 is 0 Å². The number of aromatic nitrogens is 3. The van der Waals surface area contributed by atoms with E-state index in [2.05, 4.69) is 21.0 Å². The second kappa shape index (κ2) is 6.46. The Labute approximate surface area is 156 Å². The van der Waals surface area contributed by atoms with Gasteiger partial charge in [-0.1, -0.05) is 17.1 Å². The van der Waals surface area contributed by atoms with Crippen LogP contribution in [0.5, 0.6) is 0 Å². The maximum Gasteiger partial charge on any atom is 0.250 e. The van der Waals surface area contributed by atoms with Gasteiger partial charge in [0, 0.05) is 48.2 Å². The van der Waals surface area contributed by atoms with Crippen molar-refractivity contribution in [3.63, 3.8) is 0 Å². The highest BCUT2D eigenvalue weighted by atomic mass is 16.1. The minimum Gasteiger partial charge on any atom is -0.346 e. The van der Waals surface area contributed by atoms with Gasteiger partial charge < -0.3 is 9.55 Å². The van der Waals surface area contributed by atoms with Gasteiger partial charge in [-0.2, -0.15) is 11.5 Å². The molecule has 0 unspecified atom stereocenters. The summed E-state index contributed by atoms with van der Waals surface area (Å²) in [5.74, 6) is 0. The van der Waals surface area contributed by atoms with E-state index in [4.69, 9.17) is 6.57 Å². The SMILES string of the molecule is [C-]#[N+]N(C)c1cccc(-c2cnc3[nH]cc(-c4ccn(C)c(=O)c4)c3c2)c1. The van der Waals surface area contributed by atoms with Gasteiger partial charge in [0.25, 0.3) is 5.56 Å². The summed E-state index contributed by atoms with van der Waals surface area (Å²) in [6.45, 7) is 7.17. The number of aromatic amines is 1. The predicted molar refractivity (Wildman–Crippen MR) is 107 cm³/mol. The van der Waals surface area contributed by atoms with Crippen molar-refractivity contribution in [2.75, 3.05) is 12.1 Å². The molecule has 0 bridgehead atoms. The maximum atomic E-state index is 12.0. The zero-order valence-electron chi connectivity index (χ0n) is 15.0. The van der Waals surface area contributed by atoms with E-state index in [1.54, 1.807) is 30.9 Å². The van der Waals surface area contributed by atoms with E-state index in [1.807, 2.05) is 42.7 Å². The molecule has 0 atom stereocenters. The molecule has 1 N–H and O–H groups in total. The summed E-state index contributed by atoms with van der Waals surface area (Å²) in [5, 5.41) is 2.45. The third-order valence-corrected chi connectivity index (χ3v) is 4.65. The van der Waals surface area contributed by atoms with E-state index < -0.39 is 0 Å². The molecule has 0 saturated heterocycles. The van der Waals surface area contributed by atoms with Crippen LogP contribution in [0.15, 0.2) is 65.8 Å². The molecule has 4 rings (SSSR count). The lowest BCUT2D eigenvalue weighted by Gasteiger charge is -2.07. The van der Waals surface area contributed by atoms with Gasteiger partial charge in [0.2, 0.25) is 0 Å². The smallest absolute Gasteiger partial charge is 0.250 e. The number of nitrogens with zero attached hydrogens (tertiary/aromatic N) is 4. The molecule has 0 aliphatic carbocycles. The van der Waals surface area contributed by atoms with Crippen LogP contribution in [0.4, 0.5) is 5.69 Å². The zero-order valence-corrected chi connectivity index (χ0v) is 15.0. The highest BCUT2D eigenvalue weighted by Gasteiger charge is 2.11. The Morgan fingerprint density at radius 1 is 1.15 bits per heavy atom. The molecule has 0 aliphatic rings. The van der Waals surface area contributed by atoms with Crippen molar-refractivity contribution < 1.29 is 0 Å². The van der Waals surface area contributed by atoms with Crippen LogP contribution >= 0.6 is 0 Å². The van der Waals surface area contributed by atoms with E-state index in [9.17, 15) is 4.79 Å². The molecule has 0 amide bonds. The molecule has 0 aliphatic heterocycles. The van der Waals surface area contributed by atoms with Crippen LogP contribution in [0.3, 0.4) is 0 Å². The first-order valence-corrected chi connectivity index (χ1v) is 8.42. The topological polar surface area (TPSA) is 58.3 Å². The molecule has 4 aromatic rings. The molecule has 1 aromatic carbocycles. The van der Waals surface area contributed by atoms with Crippen LogP contribution in [0.1, 0.15) is 0 Å². The summed E-state index contributed by atoms with van der Waals surface area (Å²) >= 11 is 0. The van der Waals surface area contributed by atoms with E-state index in [0.29, 0.717) is 0 Å². The average Bonchev–Trinajstić information content (AvgIpc) is 3.12. The lowest BCUT2D eigenvalue weighted by molar-refractivity contribution is 0.861. The predicted octanol–water partition coefficient (Wildman–Crippen LogP) is 3.87. The minimum absolute atomic E-state index is 0.0548. The highest BCUT2D eigenvalue weighted by Crippen LogP contribution is 2.31. The quantitative estimate of drug-likeness (QED) is 0.448. The number of nitrogens with one attached hydrogen (secondary N) is 1. The first-order chi connectivity index (χ1) is 13.1. The number of hydrogen-bond acceptors (Lipinski definition) is 3. The van der Waals surface area contributed by atoms with Crippen molar-refractivity contribution >= 4 is 16.7 Å². The number of rotatable bonds is 3. The monoisotopic (exact) mass is 355 g/mol. The Bertz CT molecular complexity index is 1250. The molecule has 6 heteroatoms. The Morgan fingerprint density at radius 2 is 2.00 bits per heavy atom. The van der Waals surface area contributed by atoms with Gasteiger partial charge in [-0.3, -0.25) is 4.79 Å². The van der Waals surface area contributed by atoms with Gasteiger partial charge in [-0.25, -0.2) is 4.98 Å². The van der Waals surface area contributed by atoms with Crippen molar-refractivity contribution in [3.8, 4) is 22.3 Å². The molecule has 3 heterocycles. The summed E-state index contributed by atoms with van der Waals surface area (Å²) in [5.41, 5.74) is 5.25. The molecule has 0 radical (unpaired) electrons. The minimum atomic E-state index is -0.0548. The van der Waals surface area contributed by atoms with E-state index in [0.717, 1.165) is 39.0 Å². The van der Waals surface area contributed by atoms with Gasteiger partial charge in [-0.15, -0.1) is 0 Å². The molecular formula is C21H17N5O. The first kappa shape index (κ1) is 16.6. The Balaban J connectivity index is 1.84. The molecule has 132 valence electrons. The average molecular weight is 355 g/mol. The van der Waals surface area contributed by atoms with Crippen LogP contribution in [0, 0.1) is 6.57 Å². The van der Waals surface area contributed by atoms with Gasteiger partial charge in [0.15, 0.2) is 0 Å². The fraction of sp³-hybridized carbons (Fsp3) is 0.0952. The molecule has 3 aromatic heterocycles. The molecule has 0 fully saturated rings. The lowest BCUT2D eigenvalue weighted by atomic mass is 10.0. The van der Waals surface area contributed by atoms with Crippen molar-refractivity contribution in [3.05, 3.63) is 82.9 Å². The second-order valence-electron chi connectivity index (χ2n) is 6.36. The third-order valence-electron chi connectivity index (χ3n) is 4.65.